The molecule has 1 aromatic carbocycles. The molecule has 0 bridgehead atoms. The van der Waals surface area contributed by atoms with Gasteiger partial charge in [0.15, 0.2) is 0 Å². The van der Waals surface area contributed by atoms with Gasteiger partial charge in [-0.05, 0) is 62.7 Å². The van der Waals surface area contributed by atoms with E-state index in [-0.39, 0.29) is 18.5 Å². The van der Waals surface area contributed by atoms with Crippen LogP contribution in [0.5, 0.6) is 5.75 Å². The Kier molecular flexibility index (Phi) is 7.22. The predicted octanol–water partition coefficient (Wildman–Crippen LogP) is 2.01. The average Bonchev–Trinajstić information content (AvgIpc) is 3.13. The molecule has 33 heavy (non-hydrogen) atoms. The van der Waals surface area contributed by atoms with Gasteiger partial charge in [0, 0.05) is 37.3 Å². The zero-order valence-corrected chi connectivity index (χ0v) is 19.4. The molecule has 0 radical (unpaired) electrons. The lowest BCUT2D eigenvalue weighted by Crippen LogP contribution is -2.45. The van der Waals surface area contributed by atoms with E-state index < -0.39 is 6.10 Å². The summed E-state index contributed by atoms with van der Waals surface area (Å²) >= 11 is 0. The fraction of sp³-hybridized carbons (Fsp3) is 0.458. The van der Waals surface area contributed by atoms with E-state index in [4.69, 9.17) is 4.74 Å². The van der Waals surface area contributed by atoms with Gasteiger partial charge in [0.05, 0.1) is 31.0 Å². The molecule has 0 saturated carbocycles. The molecule has 1 amide bonds. The number of carbonyl (C=O) groups excluding carboxylic acids is 1. The standard InChI is InChI=1S/C24H32N6O3/c1-16-12-23(29(2)28-16)27-24(32)14-26-17-7-10-30(11-8-17)15-22(31)19-6-9-25-21-5-4-18(33-3)13-20(19)21/h4-6,9,12-13,17,22,26,31H,7-8,10-11,14-15H2,1-3H3,(H,27,32)/t22-/m1/s1. The first-order valence-electron chi connectivity index (χ1n) is 11.3. The van der Waals surface area contributed by atoms with Crippen molar-refractivity contribution in [1.29, 1.82) is 0 Å². The van der Waals surface area contributed by atoms with Crippen molar-refractivity contribution >= 4 is 22.6 Å². The molecule has 2 aromatic heterocycles. The Morgan fingerprint density at radius 2 is 2.06 bits per heavy atom. The number of aromatic nitrogens is 3. The van der Waals surface area contributed by atoms with E-state index >= 15 is 0 Å². The van der Waals surface area contributed by atoms with E-state index in [1.165, 1.54) is 0 Å². The minimum absolute atomic E-state index is 0.0733. The number of benzene rings is 1. The second-order valence-electron chi connectivity index (χ2n) is 8.60. The SMILES string of the molecule is COc1ccc2nccc([C@H](O)CN3CCC(NCC(=O)Nc4cc(C)nn4C)CC3)c2c1. The third-order valence-electron chi connectivity index (χ3n) is 6.18. The van der Waals surface area contributed by atoms with Gasteiger partial charge in [-0.3, -0.25) is 14.5 Å². The van der Waals surface area contributed by atoms with Gasteiger partial charge in [0.2, 0.25) is 5.91 Å². The molecule has 9 heteroatoms. The van der Waals surface area contributed by atoms with Crippen LogP contribution in [-0.4, -0.2) is 70.0 Å². The zero-order chi connectivity index (χ0) is 23.4. The van der Waals surface area contributed by atoms with Crippen LogP contribution in [0.3, 0.4) is 0 Å². The van der Waals surface area contributed by atoms with Gasteiger partial charge in [0.1, 0.15) is 11.6 Å². The smallest absolute Gasteiger partial charge is 0.239 e. The Morgan fingerprint density at radius 3 is 2.76 bits per heavy atom. The lowest BCUT2D eigenvalue weighted by atomic mass is 10.0. The first-order chi connectivity index (χ1) is 15.9. The van der Waals surface area contributed by atoms with E-state index in [2.05, 4.69) is 25.6 Å². The Labute approximate surface area is 193 Å². The van der Waals surface area contributed by atoms with Crippen LogP contribution in [0.1, 0.15) is 30.2 Å². The molecule has 3 N–H and O–H groups in total. The highest BCUT2D eigenvalue weighted by Gasteiger charge is 2.23. The van der Waals surface area contributed by atoms with Gasteiger partial charge in [0.25, 0.3) is 0 Å². The van der Waals surface area contributed by atoms with Crippen molar-refractivity contribution in [3.05, 3.63) is 47.8 Å². The van der Waals surface area contributed by atoms with Crippen LogP contribution in [-0.2, 0) is 11.8 Å². The summed E-state index contributed by atoms with van der Waals surface area (Å²) in [7, 11) is 3.45. The summed E-state index contributed by atoms with van der Waals surface area (Å²) in [6.07, 6.45) is 2.98. The maximum absolute atomic E-state index is 12.3. The van der Waals surface area contributed by atoms with E-state index in [0.717, 1.165) is 53.8 Å². The van der Waals surface area contributed by atoms with Gasteiger partial charge < -0.3 is 25.4 Å². The highest BCUT2D eigenvalue weighted by Crippen LogP contribution is 2.27. The number of anilines is 1. The number of piperidine rings is 1. The van der Waals surface area contributed by atoms with Gasteiger partial charge >= 0.3 is 0 Å². The molecule has 1 aliphatic rings. The number of carbonyl (C=O) groups is 1. The summed E-state index contributed by atoms with van der Waals surface area (Å²) in [5.74, 6) is 1.37. The number of methoxy groups -OCH3 is 1. The van der Waals surface area contributed by atoms with Crippen LogP contribution in [0.25, 0.3) is 10.9 Å². The number of aryl methyl sites for hydroxylation is 2. The molecule has 1 atom stereocenters. The molecule has 3 aromatic rings. The summed E-state index contributed by atoms with van der Waals surface area (Å²) in [6, 6.07) is 9.72. The van der Waals surface area contributed by atoms with Gasteiger partial charge in [-0.25, -0.2) is 0 Å². The monoisotopic (exact) mass is 452 g/mol. The van der Waals surface area contributed by atoms with Crippen LogP contribution in [0.4, 0.5) is 5.82 Å². The summed E-state index contributed by atoms with van der Waals surface area (Å²) in [5, 5.41) is 22.4. The van der Waals surface area contributed by atoms with Crippen LogP contribution >= 0.6 is 0 Å². The lowest BCUT2D eigenvalue weighted by Gasteiger charge is -2.33. The number of rotatable bonds is 8. The molecule has 0 unspecified atom stereocenters. The number of β-amino-alcohol motifs (C(OH)–C–C–N with tert-alkyl or cyclic N) is 1. The highest BCUT2D eigenvalue weighted by atomic mass is 16.5. The Morgan fingerprint density at radius 1 is 1.27 bits per heavy atom. The number of nitrogens with zero attached hydrogens (tertiary/aromatic N) is 4. The van der Waals surface area contributed by atoms with Gasteiger partial charge in [-0.15, -0.1) is 0 Å². The number of aliphatic hydroxyl groups excluding tert-OH is 1. The summed E-state index contributed by atoms with van der Waals surface area (Å²) in [6.45, 7) is 4.45. The molecule has 1 saturated heterocycles. The minimum atomic E-state index is -0.611. The first kappa shape index (κ1) is 23.2. The van der Waals surface area contributed by atoms with Crippen molar-refractivity contribution in [2.75, 3.05) is 38.6 Å². The Bertz CT molecular complexity index is 1110. The largest absolute Gasteiger partial charge is 0.497 e. The molecule has 176 valence electrons. The number of hydrogen-bond acceptors (Lipinski definition) is 7. The molecule has 4 rings (SSSR count). The topological polar surface area (TPSA) is 105 Å². The van der Waals surface area contributed by atoms with Crippen LogP contribution in [0.15, 0.2) is 36.5 Å². The second-order valence-corrected chi connectivity index (χ2v) is 8.60. The Hall–Kier alpha value is -3.01. The van der Waals surface area contributed by atoms with Crippen molar-refractivity contribution in [3.63, 3.8) is 0 Å². The predicted molar refractivity (Wildman–Crippen MR) is 127 cm³/mol. The van der Waals surface area contributed by atoms with Crippen LogP contribution in [0, 0.1) is 6.92 Å². The fourth-order valence-electron chi connectivity index (χ4n) is 4.38. The van der Waals surface area contributed by atoms with Gasteiger partial charge in [-0.2, -0.15) is 5.10 Å². The fourth-order valence-corrected chi connectivity index (χ4v) is 4.38. The number of amides is 1. The first-order valence-corrected chi connectivity index (χ1v) is 11.3. The van der Waals surface area contributed by atoms with Gasteiger partial charge in [-0.1, -0.05) is 0 Å². The molecule has 3 heterocycles. The maximum Gasteiger partial charge on any atom is 0.239 e. The third-order valence-corrected chi connectivity index (χ3v) is 6.18. The van der Waals surface area contributed by atoms with E-state index in [9.17, 15) is 9.90 Å². The number of ether oxygens (including phenoxy) is 1. The van der Waals surface area contributed by atoms with Crippen LogP contribution < -0.4 is 15.4 Å². The van der Waals surface area contributed by atoms with Crippen molar-refractivity contribution in [2.24, 2.45) is 7.05 Å². The number of hydrogen-bond donors (Lipinski definition) is 3. The number of nitrogens with one attached hydrogen (secondary N) is 2. The van der Waals surface area contributed by atoms with E-state index in [0.29, 0.717) is 12.4 Å². The number of pyridine rings is 1. The molecule has 1 aliphatic heterocycles. The van der Waals surface area contributed by atoms with Crippen molar-refractivity contribution in [2.45, 2.75) is 31.9 Å². The molecular weight excluding hydrogens is 420 g/mol. The second kappa shape index (κ2) is 10.3. The number of fused-ring (bicyclic) bond motifs is 1. The molecule has 0 aliphatic carbocycles. The number of likely N-dealkylation sites (tertiary alicyclic amines) is 1. The average molecular weight is 453 g/mol. The molecule has 9 nitrogen and oxygen atoms in total. The Balaban J connectivity index is 1.26. The quantitative estimate of drug-likeness (QED) is 0.480. The molecule has 0 spiro atoms. The summed E-state index contributed by atoms with van der Waals surface area (Å²) in [4.78, 5) is 18.9. The van der Waals surface area contributed by atoms with Crippen molar-refractivity contribution in [3.8, 4) is 5.75 Å². The highest BCUT2D eigenvalue weighted by molar-refractivity contribution is 5.91. The third kappa shape index (κ3) is 5.68. The van der Waals surface area contributed by atoms with E-state index in [1.54, 1.807) is 18.0 Å². The normalized spacial score (nSPS) is 16.1. The zero-order valence-electron chi connectivity index (χ0n) is 19.4. The molecular formula is C24H32N6O3. The van der Waals surface area contributed by atoms with E-state index in [1.807, 2.05) is 44.3 Å². The maximum atomic E-state index is 12.3. The van der Waals surface area contributed by atoms with Crippen molar-refractivity contribution in [1.82, 2.24) is 25.0 Å². The summed E-state index contributed by atoms with van der Waals surface area (Å²) < 4.78 is 7.00. The number of aliphatic hydroxyl groups is 1. The molecule has 1 fully saturated rings. The lowest BCUT2D eigenvalue weighted by molar-refractivity contribution is -0.115. The van der Waals surface area contributed by atoms with Crippen LogP contribution in [0.2, 0.25) is 0 Å². The minimum Gasteiger partial charge on any atom is -0.497 e. The van der Waals surface area contributed by atoms with Crippen molar-refractivity contribution < 1.29 is 14.6 Å². The summed E-state index contributed by atoms with van der Waals surface area (Å²) in [5.41, 5.74) is 2.57.